The van der Waals surface area contributed by atoms with E-state index >= 15 is 0 Å². The van der Waals surface area contributed by atoms with Crippen molar-refractivity contribution in [2.45, 2.75) is 6.92 Å². The molecule has 132 valence electrons. The normalized spacial score (nSPS) is 9.80. The number of halogens is 1. The molecule has 0 radical (unpaired) electrons. The Kier molecular flexibility index (Phi) is 8.68. The minimum Gasteiger partial charge on any atom is -0.478 e. The van der Waals surface area contributed by atoms with Crippen molar-refractivity contribution in [3.05, 3.63) is 71.9 Å². The molecule has 0 unspecified atom stereocenters. The number of H-pyrrole nitrogens is 1. The number of aromatic amines is 1. The van der Waals surface area contributed by atoms with Gasteiger partial charge in [-0.05, 0) is 30.2 Å². The van der Waals surface area contributed by atoms with Crippen LogP contribution in [0.15, 0.2) is 60.8 Å². The number of ether oxygens (including phenoxy) is 1. The Morgan fingerprint density at radius 1 is 0.960 bits per heavy atom. The fourth-order valence-corrected chi connectivity index (χ4v) is 1.93. The first-order chi connectivity index (χ1) is 11.7. The van der Waals surface area contributed by atoms with E-state index in [9.17, 15) is 0 Å². The summed E-state index contributed by atoms with van der Waals surface area (Å²) in [7, 11) is 0. The molecule has 5 N–H and O–H groups in total. The van der Waals surface area contributed by atoms with Gasteiger partial charge in [-0.3, -0.25) is 0 Å². The highest BCUT2D eigenvalue weighted by atomic mass is 35.5. The number of aromatic nitrogens is 2. The van der Waals surface area contributed by atoms with E-state index in [4.69, 9.17) is 16.2 Å². The first kappa shape index (κ1) is 20.1. The van der Waals surface area contributed by atoms with Crippen LogP contribution >= 0.6 is 12.4 Å². The summed E-state index contributed by atoms with van der Waals surface area (Å²) in [5.74, 6) is 0.729. The van der Waals surface area contributed by atoms with Gasteiger partial charge < -0.3 is 16.2 Å². The maximum absolute atomic E-state index is 5.73. The molecule has 0 amide bonds. The van der Waals surface area contributed by atoms with E-state index < -0.39 is 0 Å². The van der Waals surface area contributed by atoms with E-state index in [1.54, 1.807) is 12.3 Å². The number of nitrogens with two attached hydrogens (primary N) is 2. The molecule has 2 aromatic carbocycles. The molecule has 0 spiro atoms. The number of nitrogen functional groups attached to an aromatic ring is 2. The lowest BCUT2D eigenvalue weighted by Gasteiger charge is -2.00. The zero-order valence-corrected chi connectivity index (χ0v) is 14.9. The van der Waals surface area contributed by atoms with Crippen molar-refractivity contribution in [3.8, 4) is 5.88 Å². The van der Waals surface area contributed by atoms with Gasteiger partial charge in [0.05, 0.1) is 24.2 Å². The quantitative estimate of drug-likeness (QED) is 0.480. The summed E-state index contributed by atoms with van der Waals surface area (Å²) in [6.45, 7) is 2.61. The van der Waals surface area contributed by atoms with Gasteiger partial charge in [0.15, 0.2) is 0 Å². The van der Waals surface area contributed by atoms with Crippen molar-refractivity contribution < 1.29 is 4.74 Å². The lowest BCUT2D eigenvalue weighted by molar-refractivity contribution is 0.326. The molecular weight excluding hydrogens is 336 g/mol. The molecule has 0 fully saturated rings. The Morgan fingerprint density at radius 2 is 1.68 bits per heavy atom. The van der Waals surface area contributed by atoms with Crippen LogP contribution in [0.3, 0.4) is 0 Å². The number of nitrogens with zero attached hydrogens (tertiary/aromatic N) is 1. The van der Waals surface area contributed by atoms with Crippen LogP contribution in [0.1, 0.15) is 18.1 Å². The van der Waals surface area contributed by atoms with Crippen LogP contribution < -0.4 is 16.2 Å². The number of nitrogens with one attached hydrogen (secondary N) is 1. The molecule has 6 heteroatoms. The van der Waals surface area contributed by atoms with Crippen molar-refractivity contribution in [2.24, 2.45) is 0 Å². The van der Waals surface area contributed by atoms with Crippen LogP contribution in [-0.2, 0) is 0 Å². The first-order valence-electron chi connectivity index (χ1n) is 7.69. The summed E-state index contributed by atoms with van der Waals surface area (Å²) < 4.78 is 5.03. The van der Waals surface area contributed by atoms with Crippen LogP contribution in [0.25, 0.3) is 12.2 Å². The van der Waals surface area contributed by atoms with Gasteiger partial charge in [-0.15, -0.1) is 12.4 Å². The molecular formula is C19H23ClN4O. The van der Waals surface area contributed by atoms with Crippen LogP contribution in [0, 0.1) is 0 Å². The third kappa shape index (κ3) is 7.01. The Hall–Kier alpha value is -2.92. The van der Waals surface area contributed by atoms with Crippen LogP contribution in [-0.4, -0.2) is 16.8 Å². The maximum Gasteiger partial charge on any atom is 0.208 e. The van der Waals surface area contributed by atoms with Gasteiger partial charge in [-0.25, -0.2) is 5.10 Å². The van der Waals surface area contributed by atoms with E-state index in [2.05, 4.69) is 22.3 Å². The van der Waals surface area contributed by atoms with E-state index in [-0.39, 0.29) is 12.4 Å². The average molecular weight is 359 g/mol. The topological polar surface area (TPSA) is 89.9 Å². The minimum atomic E-state index is 0. The van der Waals surface area contributed by atoms with Crippen molar-refractivity contribution in [1.29, 1.82) is 0 Å². The highest BCUT2D eigenvalue weighted by molar-refractivity contribution is 5.85. The van der Waals surface area contributed by atoms with Crippen molar-refractivity contribution in [2.75, 3.05) is 18.1 Å². The number of rotatable bonds is 4. The van der Waals surface area contributed by atoms with Gasteiger partial charge in [0, 0.05) is 6.07 Å². The standard InChI is InChI=1S/C14H14N2.C5H8N2O.ClH/c15-13-9-8-12(10-14(13)16)7-6-11-4-2-1-3-5-11;1-2-8-5-3-4-6-7-5;/h1-10H,15-16H2;3-4H,2H2,1H3,(H,6,7);1H. The monoisotopic (exact) mass is 358 g/mol. The van der Waals surface area contributed by atoms with Crippen LogP contribution in [0.5, 0.6) is 5.88 Å². The Bertz CT molecular complexity index is 758. The number of hydrogen-bond donors (Lipinski definition) is 3. The largest absolute Gasteiger partial charge is 0.478 e. The number of hydrogen-bond acceptors (Lipinski definition) is 4. The van der Waals surface area contributed by atoms with Gasteiger partial charge in [0.25, 0.3) is 0 Å². The Balaban J connectivity index is 0.000000295. The van der Waals surface area contributed by atoms with Gasteiger partial charge in [-0.1, -0.05) is 48.6 Å². The molecule has 1 aromatic heterocycles. The number of anilines is 2. The van der Waals surface area contributed by atoms with Crippen molar-refractivity contribution in [1.82, 2.24) is 10.2 Å². The van der Waals surface area contributed by atoms with E-state index in [1.807, 2.05) is 55.5 Å². The maximum atomic E-state index is 5.73. The second kappa shape index (κ2) is 10.8. The SMILES string of the molecule is CCOc1ccn[nH]1.Cl.Nc1ccc(C=Cc2ccccc2)cc1N. The molecule has 3 aromatic rings. The fourth-order valence-electron chi connectivity index (χ4n) is 1.93. The number of benzene rings is 2. The van der Waals surface area contributed by atoms with Gasteiger partial charge in [-0.2, -0.15) is 5.10 Å². The van der Waals surface area contributed by atoms with Crippen molar-refractivity contribution in [3.63, 3.8) is 0 Å². The lowest BCUT2D eigenvalue weighted by Crippen LogP contribution is -1.93. The third-order valence-corrected chi connectivity index (χ3v) is 3.15. The van der Waals surface area contributed by atoms with Crippen LogP contribution in [0.4, 0.5) is 11.4 Å². The van der Waals surface area contributed by atoms with Crippen molar-refractivity contribution >= 4 is 35.9 Å². The first-order valence-corrected chi connectivity index (χ1v) is 7.69. The Morgan fingerprint density at radius 3 is 2.28 bits per heavy atom. The predicted octanol–water partition coefficient (Wildman–Crippen LogP) is 4.25. The zero-order valence-electron chi connectivity index (χ0n) is 14.1. The smallest absolute Gasteiger partial charge is 0.208 e. The van der Waals surface area contributed by atoms with Gasteiger partial charge >= 0.3 is 0 Å². The molecule has 0 aliphatic heterocycles. The molecule has 0 saturated heterocycles. The molecule has 1 heterocycles. The fraction of sp³-hybridized carbons (Fsp3) is 0.105. The Labute approximate surface area is 154 Å². The average Bonchev–Trinajstić information content (AvgIpc) is 3.11. The predicted molar refractivity (Wildman–Crippen MR) is 108 cm³/mol. The third-order valence-electron chi connectivity index (χ3n) is 3.15. The molecule has 3 rings (SSSR count). The lowest BCUT2D eigenvalue weighted by atomic mass is 10.1. The molecule has 0 aliphatic carbocycles. The molecule has 5 nitrogen and oxygen atoms in total. The highest BCUT2D eigenvalue weighted by Crippen LogP contribution is 2.17. The molecule has 0 bridgehead atoms. The summed E-state index contributed by atoms with van der Waals surface area (Å²) in [5.41, 5.74) is 14.8. The summed E-state index contributed by atoms with van der Waals surface area (Å²) >= 11 is 0. The molecule has 25 heavy (non-hydrogen) atoms. The summed E-state index contributed by atoms with van der Waals surface area (Å²) in [4.78, 5) is 0. The van der Waals surface area contributed by atoms with E-state index in [0.717, 1.165) is 17.0 Å². The van der Waals surface area contributed by atoms with E-state index in [1.165, 1.54) is 0 Å². The van der Waals surface area contributed by atoms with E-state index in [0.29, 0.717) is 18.0 Å². The van der Waals surface area contributed by atoms with Gasteiger partial charge in [0.2, 0.25) is 5.88 Å². The highest BCUT2D eigenvalue weighted by Gasteiger charge is 1.94. The summed E-state index contributed by atoms with van der Waals surface area (Å²) in [5, 5.41) is 6.36. The molecule has 0 aliphatic rings. The second-order valence-electron chi connectivity index (χ2n) is 4.99. The van der Waals surface area contributed by atoms with Gasteiger partial charge in [0.1, 0.15) is 0 Å². The second-order valence-corrected chi connectivity index (χ2v) is 4.99. The minimum absolute atomic E-state index is 0. The summed E-state index contributed by atoms with van der Waals surface area (Å²) in [6, 6.07) is 17.5. The molecule has 0 saturated carbocycles. The summed E-state index contributed by atoms with van der Waals surface area (Å²) in [6.07, 6.45) is 5.72. The van der Waals surface area contributed by atoms with Crippen LogP contribution in [0.2, 0.25) is 0 Å². The zero-order chi connectivity index (χ0) is 17.2. The molecule has 0 atom stereocenters.